The molecule has 0 spiro atoms. The zero-order valence-electron chi connectivity index (χ0n) is 12.8. The molecule has 2 nitrogen and oxygen atoms in total. The van der Waals surface area contributed by atoms with Gasteiger partial charge in [-0.05, 0) is 54.5 Å². The average molecular weight is 249 g/mol. The van der Waals surface area contributed by atoms with E-state index in [1.54, 1.807) is 7.11 Å². The second-order valence-electron chi connectivity index (χ2n) is 6.00. The van der Waals surface area contributed by atoms with Crippen LogP contribution in [0.1, 0.15) is 57.2 Å². The maximum absolute atomic E-state index is 6.50. The van der Waals surface area contributed by atoms with Crippen molar-refractivity contribution in [3.05, 3.63) is 28.8 Å². The Hall–Kier alpha value is -1.02. The molecule has 1 aromatic carbocycles. The van der Waals surface area contributed by atoms with E-state index < -0.39 is 0 Å². The molecule has 0 fully saturated rings. The van der Waals surface area contributed by atoms with E-state index in [0.29, 0.717) is 11.8 Å². The molecule has 102 valence electrons. The summed E-state index contributed by atoms with van der Waals surface area (Å²) in [5.74, 6) is 1.79. The third-order valence-electron chi connectivity index (χ3n) is 3.98. The van der Waals surface area contributed by atoms with E-state index in [1.807, 2.05) is 0 Å². The third kappa shape index (κ3) is 2.69. The lowest BCUT2D eigenvalue weighted by molar-refractivity contribution is 0.347. The maximum Gasteiger partial charge on any atom is 0.122 e. The van der Waals surface area contributed by atoms with Gasteiger partial charge >= 0.3 is 0 Å². The zero-order valence-corrected chi connectivity index (χ0v) is 12.8. The Morgan fingerprint density at radius 2 is 1.72 bits per heavy atom. The van der Waals surface area contributed by atoms with Gasteiger partial charge in [-0.1, -0.05) is 27.7 Å². The number of ether oxygens (including phenoxy) is 1. The Balaban J connectivity index is 3.43. The highest BCUT2D eigenvalue weighted by Gasteiger charge is 2.28. The Labute approximate surface area is 112 Å². The second-order valence-corrected chi connectivity index (χ2v) is 6.00. The molecule has 0 saturated heterocycles. The highest BCUT2D eigenvalue weighted by atomic mass is 16.5. The summed E-state index contributed by atoms with van der Waals surface area (Å²) in [6.45, 7) is 12.9. The van der Waals surface area contributed by atoms with Crippen molar-refractivity contribution >= 4 is 0 Å². The van der Waals surface area contributed by atoms with Crippen LogP contribution in [-0.2, 0) is 5.54 Å². The molecule has 18 heavy (non-hydrogen) atoms. The standard InChI is InChI=1S/C16H27NO/c1-10(2)13-9-14(16(6,17)11(3)4)12(5)8-15(13)18-7/h8-11H,17H2,1-7H3. The van der Waals surface area contributed by atoms with Crippen molar-refractivity contribution in [2.45, 2.75) is 53.0 Å². The minimum atomic E-state index is -0.306. The number of rotatable bonds is 4. The molecule has 1 rings (SSSR count). The Bertz CT molecular complexity index is 419. The fourth-order valence-electron chi connectivity index (χ4n) is 2.22. The van der Waals surface area contributed by atoms with Crippen LogP contribution in [0.5, 0.6) is 5.75 Å². The molecule has 0 aliphatic rings. The predicted octanol–water partition coefficient (Wildman–Crippen LogP) is 3.96. The first-order chi connectivity index (χ1) is 8.21. The largest absolute Gasteiger partial charge is 0.496 e. The molecule has 0 saturated carbocycles. The Morgan fingerprint density at radius 3 is 2.11 bits per heavy atom. The van der Waals surface area contributed by atoms with Gasteiger partial charge in [0.25, 0.3) is 0 Å². The van der Waals surface area contributed by atoms with Crippen molar-refractivity contribution in [3.63, 3.8) is 0 Å². The molecule has 0 bridgehead atoms. The van der Waals surface area contributed by atoms with Gasteiger partial charge in [-0.3, -0.25) is 0 Å². The van der Waals surface area contributed by atoms with Crippen molar-refractivity contribution in [1.29, 1.82) is 0 Å². The molecule has 1 atom stereocenters. The molecule has 1 aromatic rings. The number of benzene rings is 1. The van der Waals surface area contributed by atoms with Crippen LogP contribution in [0.4, 0.5) is 0 Å². The van der Waals surface area contributed by atoms with Crippen LogP contribution < -0.4 is 10.5 Å². The lowest BCUT2D eigenvalue weighted by atomic mass is 9.79. The predicted molar refractivity (Wildman–Crippen MR) is 78.2 cm³/mol. The fourth-order valence-corrected chi connectivity index (χ4v) is 2.22. The molecule has 0 aromatic heterocycles. The summed E-state index contributed by atoms with van der Waals surface area (Å²) in [5.41, 5.74) is 9.86. The lowest BCUT2D eigenvalue weighted by Crippen LogP contribution is -2.39. The van der Waals surface area contributed by atoms with E-state index in [1.165, 1.54) is 16.7 Å². The molecular formula is C16H27NO. The molecular weight excluding hydrogens is 222 g/mol. The first kappa shape index (κ1) is 15.0. The summed E-state index contributed by atoms with van der Waals surface area (Å²) in [7, 11) is 1.73. The summed E-state index contributed by atoms with van der Waals surface area (Å²) < 4.78 is 5.47. The maximum atomic E-state index is 6.50. The van der Waals surface area contributed by atoms with Gasteiger partial charge in [0.15, 0.2) is 0 Å². The quantitative estimate of drug-likeness (QED) is 0.876. The van der Waals surface area contributed by atoms with Gasteiger partial charge in [-0.25, -0.2) is 0 Å². The molecule has 0 heterocycles. The second kappa shape index (κ2) is 5.31. The van der Waals surface area contributed by atoms with Crippen molar-refractivity contribution in [2.75, 3.05) is 7.11 Å². The van der Waals surface area contributed by atoms with E-state index in [4.69, 9.17) is 10.5 Å². The molecule has 2 N–H and O–H groups in total. The van der Waals surface area contributed by atoms with E-state index in [-0.39, 0.29) is 5.54 Å². The van der Waals surface area contributed by atoms with Gasteiger partial charge in [-0.15, -0.1) is 0 Å². The SMILES string of the molecule is COc1cc(C)c(C(C)(N)C(C)C)cc1C(C)C. The highest BCUT2D eigenvalue weighted by molar-refractivity contribution is 5.46. The number of methoxy groups -OCH3 is 1. The van der Waals surface area contributed by atoms with Gasteiger partial charge in [0.05, 0.1) is 7.11 Å². The van der Waals surface area contributed by atoms with Crippen molar-refractivity contribution < 1.29 is 4.74 Å². The minimum Gasteiger partial charge on any atom is -0.496 e. The fraction of sp³-hybridized carbons (Fsp3) is 0.625. The number of aryl methyl sites for hydroxylation is 1. The normalized spacial score (nSPS) is 15.0. The van der Waals surface area contributed by atoms with Crippen LogP contribution >= 0.6 is 0 Å². The zero-order chi connectivity index (χ0) is 14.1. The smallest absolute Gasteiger partial charge is 0.122 e. The number of nitrogens with two attached hydrogens (primary N) is 1. The molecule has 0 amide bonds. The van der Waals surface area contributed by atoms with E-state index in [9.17, 15) is 0 Å². The highest BCUT2D eigenvalue weighted by Crippen LogP contribution is 2.35. The van der Waals surface area contributed by atoms with Gasteiger partial charge in [0.1, 0.15) is 5.75 Å². The van der Waals surface area contributed by atoms with Gasteiger partial charge in [-0.2, -0.15) is 0 Å². The summed E-state index contributed by atoms with van der Waals surface area (Å²) in [4.78, 5) is 0. The first-order valence-electron chi connectivity index (χ1n) is 6.69. The van der Waals surface area contributed by atoms with Crippen molar-refractivity contribution in [1.82, 2.24) is 0 Å². The van der Waals surface area contributed by atoms with Gasteiger partial charge in [0, 0.05) is 5.54 Å². The third-order valence-corrected chi connectivity index (χ3v) is 3.98. The van der Waals surface area contributed by atoms with Crippen LogP contribution in [0.15, 0.2) is 12.1 Å². The van der Waals surface area contributed by atoms with E-state index in [0.717, 1.165) is 5.75 Å². The molecule has 0 aliphatic carbocycles. The summed E-state index contributed by atoms with van der Waals surface area (Å²) in [5, 5.41) is 0. The van der Waals surface area contributed by atoms with Gasteiger partial charge in [0.2, 0.25) is 0 Å². The van der Waals surface area contributed by atoms with Crippen LogP contribution in [0.2, 0.25) is 0 Å². The molecule has 2 heteroatoms. The number of hydrogen-bond donors (Lipinski definition) is 1. The molecule has 1 unspecified atom stereocenters. The first-order valence-corrected chi connectivity index (χ1v) is 6.69. The van der Waals surface area contributed by atoms with Crippen LogP contribution in [-0.4, -0.2) is 7.11 Å². The molecule has 0 aliphatic heterocycles. The average Bonchev–Trinajstić information content (AvgIpc) is 2.27. The van der Waals surface area contributed by atoms with E-state index >= 15 is 0 Å². The van der Waals surface area contributed by atoms with E-state index in [2.05, 4.69) is 53.7 Å². The monoisotopic (exact) mass is 249 g/mol. The summed E-state index contributed by atoms with van der Waals surface area (Å²) in [6, 6.07) is 4.33. The minimum absolute atomic E-state index is 0.306. The van der Waals surface area contributed by atoms with Crippen molar-refractivity contribution in [2.24, 2.45) is 11.7 Å². The topological polar surface area (TPSA) is 35.2 Å². The van der Waals surface area contributed by atoms with Crippen LogP contribution in [0.3, 0.4) is 0 Å². The summed E-state index contributed by atoms with van der Waals surface area (Å²) in [6.07, 6.45) is 0. The van der Waals surface area contributed by atoms with Gasteiger partial charge < -0.3 is 10.5 Å². The molecule has 0 radical (unpaired) electrons. The summed E-state index contributed by atoms with van der Waals surface area (Å²) >= 11 is 0. The Morgan fingerprint density at radius 1 is 1.17 bits per heavy atom. The number of hydrogen-bond acceptors (Lipinski definition) is 2. The van der Waals surface area contributed by atoms with Crippen LogP contribution in [0, 0.1) is 12.8 Å². The van der Waals surface area contributed by atoms with Crippen molar-refractivity contribution in [3.8, 4) is 5.75 Å². The lowest BCUT2D eigenvalue weighted by Gasteiger charge is -2.32. The Kier molecular flexibility index (Phi) is 4.44. The van der Waals surface area contributed by atoms with Crippen LogP contribution in [0.25, 0.3) is 0 Å².